The summed E-state index contributed by atoms with van der Waals surface area (Å²) in [5, 5.41) is 2.82. The Morgan fingerprint density at radius 1 is 1.23 bits per heavy atom. The number of aromatic nitrogens is 1. The van der Waals surface area contributed by atoms with Gasteiger partial charge in [0.2, 0.25) is 15.9 Å². The molecule has 0 aliphatic carbocycles. The number of nitrogens with one attached hydrogen (secondary N) is 2. The van der Waals surface area contributed by atoms with Crippen LogP contribution in [0.4, 0.5) is 5.13 Å². The first-order chi connectivity index (χ1) is 12.3. The largest absolute Gasteiger partial charge is 0.462 e. The van der Waals surface area contributed by atoms with E-state index >= 15 is 0 Å². The maximum atomic E-state index is 12.1. The molecule has 0 spiro atoms. The van der Waals surface area contributed by atoms with Crippen LogP contribution in [-0.4, -0.2) is 38.4 Å². The Hall–Kier alpha value is -2.30. The summed E-state index contributed by atoms with van der Waals surface area (Å²) < 4.78 is 31.4. The van der Waals surface area contributed by atoms with Gasteiger partial charge in [0, 0.05) is 13.0 Å². The van der Waals surface area contributed by atoms with E-state index in [1.54, 1.807) is 32.0 Å². The van der Waals surface area contributed by atoms with Crippen LogP contribution in [0.5, 0.6) is 0 Å². The minimum absolute atomic E-state index is 0.0574. The van der Waals surface area contributed by atoms with Crippen LogP contribution in [0.15, 0.2) is 35.2 Å². The van der Waals surface area contributed by atoms with E-state index in [2.05, 4.69) is 15.0 Å². The molecular weight excluding hydrogens is 378 g/mol. The molecular formula is C16H19N3O5S2. The number of amides is 1. The second-order valence-corrected chi connectivity index (χ2v) is 7.93. The number of anilines is 1. The first kappa shape index (κ1) is 20.0. The van der Waals surface area contributed by atoms with Gasteiger partial charge in [0.05, 0.1) is 17.2 Å². The summed E-state index contributed by atoms with van der Waals surface area (Å²) in [6.07, 6.45) is -0.0700. The molecule has 1 aromatic carbocycles. The highest BCUT2D eigenvalue weighted by molar-refractivity contribution is 7.89. The Labute approximate surface area is 155 Å². The highest BCUT2D eigenvalue weighted by Gasteiger charge is 2.18. The predicted molar refractivity (Wildman–Crippen MR) is 97.7 cm³/mol. The summed E-state index contributed by atoms with van der Waals surface area (Å²) in [6, 6.07) is 7.89. The molecule has 1 heterocycles. The predicted octanol–water partition coefficient (Wildman–Crippen LogP) is 1.94. The smallest absolute Gasteiger partial charge is 0.350 e. The van der Waals surface area contributed by atoms with Gasteiger partial charge in [-0.15, -0.1) is 0 Å². The summed E-state index contributed by atoms with van der Waals surface area (Å²) in [5.74, 6) is -0.899. The molecule has 1 amide bonds. The summed E-state index contributed by atoms with van der Waals surface area (Å²) in [7, 11) is -3.65. The fraction of sp³-hybridized carbons (Fsp3) is 0.312. The number of hydrogen-bond donors (Lipinski definition) is 2. The number of carbonyl (C=O) groups excluding carboxylic acids is 2. The van der Waals surface area contributed by atoms with Crippen molar-refractivity contribution in [3.63, 3.8) is 0 Å². The normalized spacial score (nSPS) is 11.2. The molecule has 0 atom stereocenters. The average Bonchev–Trinajstić information content (AvgIpc) is 2.96. The third-order valence-electron chi connectivity index (χ3n) is 3.20. The van der Waals surface area contributed by atoms with E-state index in [4.69, 9.17) is 4.74 Å². The number of esters is 1. The molecule has 8 nitrogen and oxygen atoms in total. The van der Waals surface area contributed by atoms with Crippen molar-refractivity contribution in [3.05, 3.63) is 40.9 Å². The lowest BCUT2D eigenvalue weighted by atomic mass is 10.4. The molecule has 2 rings (SSSR count). The van der Waals surface area contributed by atoms with Gasteiger partial charge in [-0.3, -0.25) is 4.79 Å². The van der Waals surface area contributed by atoms with E-state index in [1.807, 2.05) is 0 Å². The van der Waals surface area contributed by atoms with Crippen molar-refractivity contribution < 1.29 is 22.7 Å². The lowest BCUT2D eigenvalue weighted by Gasteiger charge is -2.06. The third-order valence-corrected chi connectivity index (χ3v) is 5.73. The lowest BCUT2D eigenvalue weighted by Crippen LogP contribution is -2.27. The van der Waals surface area contributed by atoms with Gasteiger partial charge in [-0.1, -0.05) is 29.5 Å². The first-order valence-electron chi connectivity index (χ1n) is 7.82. The van der Waals surface area contributed by atoms with Gasteiger partial charge >= 0.3 is 5.97 Å². The third kappa shape index (κ3) is 5.35. The van der Waals surface area contributed by atoms with E-state index in [9.17, 15) is 18.0 Å². The average molecular weight is 397 g/mol. The van der Waals surface area contributed by atoms with Crippen LogP contribution in [0.1, 0.15) is 28.7 Å². The van der Waals surface area contributed by atoms with Gasteiger partial charge in [-0.2, -0.15) is 0 Å². The molecule has 140 valence electrons. The second kappa shape index (κ2) is 8.88. The number of ether oxygens (including phenoxy) is 1. The monoisotopic (exact) mass is 397 g/mol. The fourth-order valence-corrected chi connectivity index (χ4v) is 3.93. The van der Waals surface area contributed by atoms with Crippen LogP contribution >= 0.6 is 11.3 Å². The zero-order valence-corrected chi connectivity index (χ0v) is 15.9. The van der Waals surface area contributed by atoms with Crippen LogP contribution in [0, 0.1) is 6.92 Å². The molecule has 26 heavy (non-hydrogen) atoms. The fourth-order valence-electron chi connectivity index (χ4n) is 2.00. The number of rotatable bonds is 8. The minimum atomic E-state index is -3.65. The number of hydrogen-bond acceptors (Lipinski definition) is 7. The summed E-state index contributed by atoms with van der Waals surface area (Å²) in [5.41, 5.74) is 0.466. The van der Waals surface area contributed by atoms with E-state index < -0.39 is 21.9 Å². The molecule has 0 aliphatic heterocycles. The summed E-state index contributed by atoms with van der Waals surface area (Å²) in [6.45, 7) is 3.54. The van der Waals surface area contributed by atoms with Crippen molar-refractivity contribution >= 4 is 38.4 Å². The highest BCUT2D eigenvalue weighted by atomic mass is 32.2. The molecule has 1 aromatic heterocycles. The number of benzene rings is 1. The van der Waals surface area contributed by atoms with Crippen LogP contribution in [-0.2, 0) is 19.6 Å². The van der Waals surface area contributed by atoms with Crippen molar-refractivity contribution in [2.75, 3.05) is 18.5 Å². The number of aryl methyl sites for hydroxylation is 1. The number of sulfonamides is 1. The van der Waals surface area contributed by atoms with Crippen molar-refractivity contribution in [3.8, 4) is 0 Å². The molecule has 0 bridgehead atoms. The molecule has 0 saturated heterocycles. The molecule has 0 aliphatic rings. The summed E-state index contributed by atoms with van der Waals surface area (Å²) >= 11 is 1.02. The molecule has 2 aromatic rings. The van der Waals surface area contributed by atoms with Gasteiger partial charge in [0.1, 0.15) is 4.88 Å². The first-order valence-corrected chi connectivity index (χ1v) is 10.1. The molecule has 0 saturated carbocycles. The molecule has 0 unspecified atom stereocenters. The van der Waals surface area contributed by atoms with Gasteiger partial charge in [-0.25, -0.2) is 22.9 Å². The molecule has 0 radical (unpaired) electrons. The van der Waals surface area contributed by atoms with E-state index in [-0.39, 0.29) is 29.6 Å². The second-order valence-electron chi connectivity index (χ2n) is 5.16. The molecule has 10 heteroatoms. The Balaban J connectivity index is 1.88. The van der Waals surface area contributed by atoms with Crippen LogP contribution in [0.2, 0.25) is 0 Å². The standard InChI is InChI=1S/C16H19N3O5S2/c1-3-24-15(21)14-11(2)18-16(25-14)19-13(20)9-10-17-26(22,23)12-7-5-4-6-8-12/h4-8,17H,3,9-10H2,1-2H3,(H,18,19,20). The van der Waals surface area contributed by atoms with Gasteiger partial charge < -0.3 is 10.1 Å². The summed E-state index contributed by atoms with van der Waals surface area (Å²) in [4.78, 5) is 28.3. The Kier molecular flexibility index (Phi) is 6.83. The number of nitrogens with zero attached hydrogens (tertiary/aromatic N) is 1. The van der Waals surface area contributed by atoms with Crippen molar-refractivity contribution in [1.29, 1.82) is 0 Å². The van der Waals surface area contributed by atoms with Crippen molar-refractivity contribution in [1.82, 2.24) is 9.71 Å². The number of thiazole rings is 1. The SMILES string of the molecule is CCOC(=O)c1sc(NC(=O)CCNS(=O)(=O)c2ccccc2)nc1C. The van der Waals surface area contributed by atoms with Crippen LogP contribution in [0.25, 0.3) is 0 Å². The lowest BCUT2D eigenvalue weighted by molar-refractivity contribution is -0.116. The Bertz CT molecular complexity index is 879. The Morgan fingerprint density at radius 3 is 2.58 bits per heavy atom. The van der Waals surface area contributed by atoms with Crippen molar-refractivity contribution in [2.45, 2.75) is 25.2 Å². The maximum absolute atomic E-state index is 12.1. The number of carbonyl (C=O) groups is 2. The van der Waals surface area contributed by atoms with E-state index in [0.29, 0.717) is 10.6 Å². The van der Waals surface area contributed by atoms with Gasteiger partial charge in [0.15, 0.2) is 5.13 Å². The topological polar surface area (TPSA) is 114 Å². The minimum Gasteiger partial charge on any atom is -0.462 e. The van der Waals surface area contributed by atoms with Crippen LogP contribution < -0.4 is 10.0 Å². The van der Waals surface area contributed by atoms with Gasteiger partial charge in [0.25, 0.3) is 0 Å². The molecule has 2 N–H and O–H groups in total. The molecule has 0 fully saturated rings. The zero-order valence-electron chi connectivity index (χ0n) is 14.3. The van der Waals surface area contributed by atoms with Crippen LogP contribution in [0.3, 0.4) is 0 Å². The Morgan fingerprint density at radius 2 is 1.92 bits per heavy atom. The van der Waals surface area contributed by atoms with E-state index in [0.717, 1.165) is 11.3 Å². The van der Waals surface area contributed by atoms with E-state index in [1.165, 1.54) is 12.1 Å². The van der Waals surface area contributed by atoms with Gasteiger partial charge in [-0.05, 0) is 26.0 Å². The highest BCUT2D eigenvalue weighted by Crippen LogP contribution is 2.23. The maximum Gasteiger partial charge on any atom is 0.350 e. The van der Waals surface area contributed by atoms with Crippen molar-refractivity contribution in [2.24, 2.45) is 0 Å². The zero-order chi connectivity index (χ0) is 19.2. The quantitative estimate of drug-likeness (QED) is 0.658.